The van der Waals surface area contributed by atoms with Crippen LogP contribution in [0.3, 0.4) is 0 Å². The number of aryl methyl sites for hydroxylation is 1. The predicted octanol–water partition coefficient (Wildman–Crippen LogP) is 2.21. The smallest absolute Gasteiger partial charge is 0.147 e. The molecule has 0 unspecified atom stereocenters. The van der Waals surface area contributed by atoms with E-state index in [1.165, 1.54) is 0 Å². The Morgan fingerprint density at radius 3 is 2.67 bits per heavy atom. The minimum absolute atomic E-state index is 0.573. The molecule has 0 amide bonds. The van der Waals surface area contributed by atoms with E-state index in [0.29, 0.717) is 6.54 Å². The summed E-state index contributed by atoms with van der Waals surface area (Å²) in [6.07, 6.45) is 4.45. The maximum Gasteiger partial charge on any atom is 0.147 e. The van der Waals surface area contributed by atoms with Crippen molar-refractivity contribution in [3.05, 3.63) is 29.9 Å². The maximum atomic E-state index is 4.99. The first-order chi connectivity index (χ1) is 8.78. The predicted molar refractivity (Wildman–Crippen MR) is 69.4 cm³/mol. The highest BCUT2D eigenvalue weighted by molar-refractivity contribution is 5.41. The number of nitrogens with one attached hydrogen (secondary N) is 2. The van der Waals surface area contributed by atoms with Gasteiger partial charge in [-0.1, -0.05) is 12.1 Å². The molecule has 18 heavy (non-hydrogen) atoms. The lowest BCUT2D eigenvalue weighted by Crippen LogP contribution is -2.06. The maximum absolute atomic E-state index is 4.99. The molecule has 0 aliphatic rings. The zero-order valence-corrected chi connectivity index (χ0v) is 10.6. The molecule has 6 nitrogen and oxygen atoms in total. The molecule has 0 aromatic carbocycles. The van der Waals surface area contributed by atoms with Gasteiger partial charge in [-0.3, -0.25) is 4.98 Å². The van der Waals surface area contributed by atoms with Crippen LogP contribution in [0.5, 0.6) is 0 Å². The number of nitrogens with zero attached hydrogens (tertiary/aromatic N) is 3. The topological polar surface area (TPSA) is 75.9 Å². The lowest BCUT2D eigenvalue weighted by Gasteiger charge is -2.06. The average molecular weight is 247 g/mol. The molecule has 0 atom stereocenters. The summed E-state index contributed by atoms with van der Waals surface area (Å²) in [7, 11) is 0. The molecule has 0 radical (unpaired) electrons. The summed E-state index contributed by atoms with van der Waals surface area (Å²) in [6.45, 7) is 5.44. The second-order valence-corrected chi connectivity index (χ2v) is 4.00. The lowest BCUT2D eigenvalue weighted by atomic mass is 10.4. The monoisotopic (exact) mass is 247 g/mol. The Morgan fingerprint density at radius 1 is 1.22 bits per heavy atom. The normalized spacial score (nSPS) is 10.3. The Morgan fingerprint density at radius 2 is 2.00 bits per heavy atom. The van der Waals surface area contributed by atoms with Gasteiger partial charge in [0.2, 0.25) is 0 Å². The summed E-state index contributed by atoms with van der Waals surface area (Å²) in [5.74, 6) is 2.30. The SMILES string of the molecule is CCCNc1cncc(NCc2cc(C)on2)n1. The summed E-state index contributed by atoms with van der Waals surface area (Å²) in [5.41, 5.74) is 0.848. The van der Waals surface area contributed by atoms with E-state index in [-0.39, 0.29) is 0 Å². The summed E-state index contributed by atoms with van der Waals surface area (Å²) in [5, 5.41) is 10.2. The molecule has 0 aliphatic carbocycles. The number of hydrogen-bond donors (Lipinski definition) is 2. The van der Waals surface area contributed by atoms with Gasteiger partial charge in [-0.2, -0.15) is 0 Å². The van der Waals surface area contributed by atoms with Gasteiger partial charge in [0.15, 0.2) is 0 Å². The molecule has 6 heteroatoms. The summed E-state index contributed by atoms with van der Waals surface area (Å²) in [6, 6.07) is 1.89. The quantitative estimate of drug-likeness (QED) is 0.815. The summed E-state index contributed by atoms with van der Waals surface area (Å²) in [4.78, 5) is 8.51. The molecule has 2 heterocycles. The molecule has 0 saturated heterocycles. The first kappa shape index (κ1) is 12.3. The molecular formula is C12H17N5O. The second-order valence-electron chi connectivity index (χ2n) is 4.00. The van der Waals surface area contributed by atoms with Crippen LogP contribution in [0.25, 0.3) is 0 Å². The van der Waals surface area contributed by atoms with Gasteiger partial charge in [-0.15, -0.1) is 0 Å². The molecule has 0 fully saturated rings. The fraction of sp³-hybridized carbons (Fsp3) is 0.417. The van der Waals surface area contributed by atoms with Crippen molar-refractivity contribution in [1.82, 2.24) is 15.1 Å². The Labute approximate surface area is 106 Å². The van der Waals surface area contributed by atoms with Gasteiger partial charge in [0.25, 0.3) is 0 Å². The van der Waals surface area contributed by atoms with E-state index >= 15 is 0 Å². The largest absolute Gasteiger partial charge is 0.369 e. The van der Waals surface area contributed by atoms with Crippen LogP contribution in [0.1, 0.15) is 24.8 Å². The van der Waals surface area contributed by atoms with E-state index in [4.69, 9.17) is 4.52 Å². The minimum atomic E-state index is 0.573. The van der Waals surface area contributed by atoms with Crippen LogP contribution in [-0.4, -0.2) is 21.7 Å². The molecule has 0 spiro atoms. The molecular weight excluding hydrogens is 230 g/mol. The fourth-order valence-corrected chi connectivity index (χ4v) is 1.47. The summed E-state index contributed by atoms with van der Waals surface area (Å²) < 4.78 is 4.99. The number of anilines is 2. The molecule has 2 N–H and O–H groups in total. The number of aromatic nitrogens is 3. The van der Waals surface area contributed by atoms with Gasteiger partial charge < -0.3 is 15.2 Å². The number of hydrogen-bond acceptors (Lipinski definition) is 6. The van der Waals surface area contributed by atoms with Crippen LogP contribution in [0.4, 0.5) is 11.6 Å². The first-order valence-corrected chi connectivity index (χ1v) is 6.00. The molecule has 2 aromatic heterocycles. The van der Waals surface area contributed by atoms with Crippen LogP contribution < -0.4 is 10.6 Å². The van der Waals surface area contributed by atoms with E-state index < -0.39 is 0 Å². The van der Waals surface area contributed by atoms with Crippen LogP contribution >= 0.6 is 0 Å². The lowest BCUT2D eigenvalue weighted by molar-refractivity contribution is 0.391. The van der Waals surface area contributed by atoms with E-state index in [1.54, 1.807) is 12.4 Å². The first-order valence-electron chi connectivity index (χ1n) is 6.00. The van der Waals surface area contributed by atoms with Crippen molar-refractivity contribution in [3.8, 4) is 0 Å². The molecule has 2 rings (SSSR count). The highest BCUT2D eigenvalue weighted by atomic mass is 16.5. The molecule has 0 saturated carbocycles. The van der Waals surface area contributed by atoms with Gasteiger partial charge in [0.05, 0.1) is 18.9 Å². The standard InChI is InChI=1S/C12H17N5O/c1-3-4-14-11-7-13-8-12(16-11)15-6-10-5-9(2)18-17-10/h5,7-8H,3-4,6H2,1-2H3,(H2,14,15,16). The van der Waals surface area contributed by atoms with Gasteiger partial charge in [-0.05, 0) is 13.3 Å². The van der Waals surface area contributed by atoms with Crippen molar-refractivity contribution >= 4 is 11.6 Å². The fourth-order valence-electron chi connectivity index (χ4n) is 1.47. The molecule has 2 aromatic rings. The van der Waals surface area contributed by atoms with Crippen molar-refractivity contribution in [2.45, 2.75) is 26.8 Å². The minimum Gasteiger partial charge on any atom is -0.369 e. The average Bonchev–Trinajstić information content (AvgIpc) is 2.80. The Bertz CT molecular complexity index is 497. The molecule has 0 bridgehead atoms. The van der Waals surface area contributed by atoms with Crippen molar-refractivity contribution in [3.63, 3.8) is 0 Å². The zero-order chi connectivity index (χ0) is 12.8. The van der Waals surface area contributed by atoms with Gasteiger partial charge >= 0.3 is 0 Å². The van der Waals surface area contributed by atoms with Crippen molar-refractivity contribution < 1.29 is 4.52 Å². The van der Waals surface area contributed by atoms with Crippen LogP contribution in [0.15, 0.2) is 23.0 Å². The van der Waals surface area contributed by atoms with Crippen molar-refractivity contribution in [1.29, 1.82) is 0 Å². The molecule has 96 valence electrons. The van der Waals surface area contributed by atoms with Crippen LogP contribution in [0, 0.1) is 6.92 Å². The Kier molecular flexibility index (Phi) is 4.11. The van der Waals surface area contributed by atoms with E-state index in [2.05, 4.69) is 32.7 Å². The second kappa shape index (κ2) is 6.00. The van der Waals surface area contributed by atoms with E-state index in [1.807, 2.05) is 13.0 Å². The third-order valence-electron chi connectivity index (χ3n) is 2.32. The van der Waals surface area contributed by atoms with Crippen LogP contribution in [-0.2, 0) is 6.54 Å². The van der Waals surface area contributed by atoms with Gasteiger partial charge in [0, 0.05) is 12.6 Å². The van der Waals surface area contributed by atoms with Crippen LogP contribution in [0.2, 0.25) is 0 Å². The third-order valence-corrected chi connectivity index (χ3v) is 2.32. The molecule has 0 aliphatic heterocycles. The third kappa shape index (κ3) is 3.44. The number of rotatable bonds is 6. The highest BCUT2D eigenvalue weighted by Crippen LogP contribution is 2.09. The van der Waals surface area contributed by atoms with Gasteiger partial charge in [0.1, 0.15) is 23.1 Å². The highest BCUT2D eigenvalue weighted by Gasteiger charge is 2.02. The van der Waals surface area contributed by atoms with Crippen molar-refractivity contribution in [2.75, 3.05) is 17.2 Å². The summed E-state index contributed by atoms with van der Waals surface area (Å²) >= 11 is 0. The van der Waals surface area contributed by atoms with E-state index in [9.17, 15) is 0 Å². The Hall–Kier alpha value is -2.11. The van der Waals surface area contributed by atoms with Gasteiger partial charge in [-0.25, -0.2) is 4.98 Å². The Balaban J connectivity index is 1.92. The zero-order valence-electron chi connectivity index (χ0n) is 10.6. The van der Waals surface area contributed by atoms with E-state index in [0.717, 1.165) is 36.1 Å². The van der Waals surface area contributed by atoms with Crippen molar-refractivity contribution in [2.24, 2.45) is 0 Å².